The van der Waals surface area contributed by atoms with Gasteiger partial charge in [0.1, 0.15) is 5.75 Å². The van der Waals surface area contributed by atoms with Crippen molar-refractivity contribution in [3.05, 3.63) is 65.2 Å². The predicted molar refractivity (Wildman–Crippen MR) is 111 cm³/mol. The van der Waals surface area contributed by atoms with Crippen LogP contribution >= 0.6 is 0 Å². The fourth-order valence-corrected chi connectivity index (χ4v) is 3.36. The number of hydrogen-bond acceptors (Lipinski definition) is 3. The second kappa shape index (κ2) is 9.97. The lowest BCUT2D eigenvalue weighted by atomic mass is 10.00. The number of aliphatic imine (C=N–C) groups is 1. The topological polar surface area (TPSA) is 48.9 Å². The second-order valence-corrected chi connectivity index (χ2v) is 6.77. The van der Waals surface area contributed by atoms with Crippen LogP contribution in [0.25, 0.3) is 0 Å². The van der Waals surface area contributed by atoms with Gasteiger partial charge in [-0.05, 0) is 42.2 Å². The van der Waals surface area contributed by atoms with E-state index in [9.17, 15) is 0 Å². The first kappa shape index (κ1) is 19.2. The van der Waals surface area contributed by atoms with E-state index in [1.54, 1.807) is 7.11 Å². The van der Waals surface area contributed by atoms with Crippen molar-refractivity contribution in [2.45, 2.75) is 26.4 Å². The summed E-state index contributed by atoms with van der Waals surface area (Å²) in [6.45, 7) is 7.62. The number of nitrogens with one attached hydrogen (secondary N) is 2. The van der Waals surface area contributed by atoms with Gasteiger partial charge in [0.2, 0.25) is 0 Å². The number of fused-ring (bicyclic) bond motifs is 1. The van der Waals surface area contributed by atoms with Gasteiger partial charge in [0, 0.05) is 32.7 Å². The Bertz CT molecular complexity index is 759. The molecule has 0 unspecified atom stereocenters. The monoisotopic (exact) mass is 366 g/mol. The van der Waals surface area contributed by atoms with Crippen LogP contribution in [0.15, 0.2) is 53.5 Å². The van der Waals surface area contributed by atoms with Crippen molar-refractivity contribution in [3.63, 3.8) is 0 Å². The smallest absolute Gasteiger partial charge is 0.191 e. The number of rotatable bonds is 7. The summed E-state index contributed by atoms with van der Waals surface area (Å²) < 4.78 is 5.28. The van der Waals surface area contributed by atoms with E-state index in [2.05, 4.69) is 52.8 Å². The zero-order chi connectivity index (χ0) is 18.9. The van der Waals surface area contributed by atoms with Crippen molar-refractivity contribution < 1.29 is 4.74 Å². The van der Waals surface area contributed by atoms with Gasteiger partial charge in [-0.3, -0.25) is 4.90 Å². The molecule has 0 radical (unpaired) electrons. The Morgan fingerprint density at radius 3 is 2.78 bits per heavy atom. The number of ether oxygens (including phenoxy) is 1. The standard InChI is InChI=1S/C22H30N4O/c1-3-23-22(25-16-18-7-6-10-21(15-18)27-2)24-12-14-26-13-11-19-8-4-5-9-20(19)17-26/h4-10,15H,3,11-14,16-17H2,1-2H3,(H2,23,24,25). The van der Waals surface area contributed by atoms with Gasteiger partial charge < -0.3 is 15.4 Å². The third-order valence-corrected chi connectivity index (χ3v) is 4.83. The molecule has 0 spiro atoms. The Hall–Kier alpha value is -2.53. The van der Waals surface area contributed by atoms with Gasteiger partial charge in [0.25, 0.3) is 0 Å². The van der Waals surface area contributed by atoms with E-state index in [0.29, 0.717) is 6.54 Å². The molecule has 0 atom stereocenters. The number of nitrogens with zero attached hydrogens (tertiary/aromatic N) is 2. The van der Waals surface area contributed by atoms with Crippen molar-refractivity contribution in [2.24, 2.45) is 4.99 Å². The summed E-state index contributed by atoms with van der Waals surface area (Å²) in [4.78, 5) is 7.20. The molecule has 27 heavy (non-hydrogen) atoms. The lowest BCUT2D eigenvalue weighted by molar-refractivity contribution is 0.258. The highest BCUT2D eigenvalue weighted by atomic mass is 16.5. The number of hydrogen-bond donors (Lipinski definition) is 2. The highest BCUT2D eigenvalue weighted by Crippen LogP contribution is 2.17. The Labute approximate surface area is 162 Å². The Balaban J connectivity index is 1.49. The second-order valence-electron chi connectivity index (χ2n) is 6.77. The molecular formula is C22H30N4O. The fourth-order valence-electron chi connectivity index (χ4n) is 3.36. The summed E-state index contributed by atoms with van der Waals surface area (Å²) in [5.74, 6) is 1.73. The molecule has 0 fully saturated rings. The van der Waals surface area contributed by atoms with Crippen molar-refractivity contribution >= 4 is 5.96 Å². The zero-order valence-electron chi connectivity index (χ0n) is 16.4. The van der Waals surface area contributed by atoms with Crippen LogP contribution in [0, 0.1) is 0 Å². The molecule has 144 valence electrons. The lowest BCUT2D eigenvalue weighted by Crippen LogP contribution is -2.42. The Kier molecular flexibility index (Phi) is 7.11. The van der Waals surface area contributed by atoms with Crippen LogP contribution in [0.3, 0.4) is 0 Å². The quantitative estimate of drug-likeness (QED) is 0.584. The summed E-state index contributed by atoms with van der Waals surface area (Å²) >= 11 is 0. The van der Waals surface area contributed by atoms with E-state index in [1.807, 2.05) is 18.2 Å². The summed E-state index contributed by atoms with van der Waals surface area (Å²) in [6.07, 6.45) is 1.14. The lowest BCUT2D eigenvalue weighted by Gasteiger charge is -2.28. The minimum absolute atomic E-state index is 0.629. The largest absolute Gasteiger partial charge is 0.497 e. The van der Waals surface area contributed by atoms with Gasteiger partial charge in [-0.25, -0.2) is 4.99 Å². The molecule has 5 heteroatoms. The molecule has 2 aromatic carbocycles. The highest BCUT2D eigenvalue weighted by molar-refractivity contribution is 5.79. The molecule has 0 aromatic heterocycles. The van der Waals surface area contributed by atoms with E-state index in [1.165, 1.54) is 11.1 Å². The normalized spacial score (nSPS) is 14.5. The number of benzene rings is 2. The van der Waals surface area contributed by atoms with E-state index in [4.69, 9.17) is 9.73 Å². The van der Waals surface area contributed by atoms with Gasteiger partial charge >= 0.3 is 0 Å². The third kappa shape index (κ3) is 5.73. The minimum Gasteiger partial charge on any atom is -0.497 e. The number of methoxy groups -OCH3 is 1. The summed E-state index contributed by atoms with van der Waals surface area (Å²) in [5.41, 5.74) is 4.09. The first-order chi connectivity index (χ1) is 13.3. The minimum atomic E-state index is 0.629. The first-order valence-corrected chi connectivity index (χ1v) is 9.72. The van der Waals surface area contributed by atoms with Crippen molar-refractivity contribution in [3.8, 4) is 5.75 Å². The molecular weight excluding hydrogens is 336 g/mol. The Morgan fingerprint density at radius 2 is 1.96 bits per heavy atom. The van der Waals surface area contributed by atoms with Gasteiger partial charge in [-0.1, -0.05) is 36.4 Å². The molecule has 5 nitrogen and oxygen atoms in total. The molecule has 2 N–H and O–H groups in total. The molecule has 1 aliphatic rings. The van der Waals surface area contributed by atoms with E-state index in [-0.39, 0.29) is 0 Å². The molecule has 0 aliphatic carbocycles. The summed E-state index contributed by atoms with van der Waals surface area (Å²) in [7, 11) is 1.69. The summed E-state index contributed by atoms with van der Waals surface area (Å²) in [6, 6.07) is 16.8. The maximum Gasteiger partial charge on any atom is 0.191 e. The summed E-state index contributed by atoms with van der Waals surface area (Å²) in [5, 5.41) is 6.78. The molecule has 2 aromatic rings. The molecule has 3 rings (SSSR count). The molecule has 1 heterocycles. The first-order valence-electron chi connectivity index (χ1n) is 9.72. The molecule has 0 saturated heterocycles. The fraction of sp³-hybridized carbons (Fsp3) is 0.409. The zero-order valence-corrected chi connectivity index (χ0v) is 16.4. The van der Waals surface area contributed by atoms with Crippen LogP contribution in [0.4, 0.5) is 0 Å². The van der Waals surface area contributed by atoms with Gasteiger partial charge in [-0.2, -0.15) is 0 Å². The SMILES string of the molecule is CCNC(=NCc1cccc(OC)c1)NCCN1CCc2ccccc2C1. The van der Waals surface area contributed by atoms with E-state index in [0.717, 1.165) is 56.4 Å². The average Bonchev–Trinajstić information content (AvgIpc) is 2.72. The van der Waals surface area contributed by atoms with Gasteiger partial charge in [0.15, 0.2) is 5.96 Å². The highest BCUT2D eigenvalue weighted by Gasteiger charge is 2.15. The van der Waals surface area contributed by atoms with Crippen LogP contribution in [-0.4, -0.2) is 44.1 Å². The van der Waals surface area contributed by atoms with Gasteiger partial charge in [0.05, 0.1) is 13.7 Å². The van der Waals surface area contributed by atoms with Crippen LogP contribution in [0.5, 0.6) is 5.75 Å². The molecule has 1 aliphatic heterocycles. The molecule has 0 saturated carbocycles. The number of guanidine groups is 1. The van der Waals surface area contributed by atoms with Crippen molar-refractivity contribution in [1.82, 2.24) is 15.5 Å². The predicted octanol–water partition coefficient (Wildman–Crippen LogP) is 2.81. The van der Waals surface area contributed by atoms with E-state index < -0.39 is 0 Å². The van der Waals surface area contributed by atoms with Crippen molar-refractivity contribution in [2.75, 3.05) is 33.3 Å². The van der Waals surface area contributed by atoms with Crippen LogP contribution in [-0.2, 0) is 19.5 Å². The van der Waals surface area contributed by atoms with Crippen LogP contribution in [0.2, 0.25) is 0 Å². The maximum atomic E-state index is 5.28. The average molecular weight is 367 g/mol. The molecule has 0 amide bonds. The van der Waals surface area contributed by atoms with Crippen molar-refractivity contribution in [1.29, 1.82) is 0 Å². The van der Waals surface area contributed by atoms with Crippen LogP contribution in [0.1, 0.15) is 23.6 Å². The maximum absolute atomic E-state index is 5.28. The molecule has 0 bridgehead atoms. The Morgan fingerprint density at radius 1 is 1.11 bits per heavy atom. The van der Waals surface area contributed by atoms with E-state index >= 15 is 0 Å². The van der Waals surface area contributed by atoms with Crippen LogP contribution < -0.4 is 15.4 Å². The third-order valence-electron chi connectivity index (χ3n) is 4.83. The van der Waals surface area contributed by atoms with Gasteiger partial charge in [-0.15, -0.1) is 0 Å².